The molecule has 1 atom stereocenters. The number of ether oxygens (including phenoxy) is 2. The van der Waals surface area contributed by atoms with E-state index in [1.54, 1.807) is 6.92 Å². The molecule has 3 amide bonds. The second-order valence-electron chi connectivity index (χ2n) is 9.52. The molecule has 0 aliphatic carbocycles. The molecule has 200 valence electrons. The van der Waals surface area contributed by atoms with Crippen molar-refractivity contribution >= 4 is 35.3 Å². The van der Waals surface area contributed by atoms with Gasteiger partial charge in [-0.15, -0.1) is 0 Å². The maximum Gasteiger partial charge on any atom is 0.338 e. The highest BCUT2D eigenvalue weighted by Gasteiger charge is 2.39. The van der Waals surface area contributed by atoms with Gasteiger partial charge in [0.25, 0.3) is 17.7 Å². The molecule has 1 aliphatic heterocycles. The van der Waals surface area contributed by atoms with Crippen LogP contribution >= 0.6 is 0 Å². The van der Waals surface area contributed by atoms with E-state index in [2.05, 4.69) is 5.32 Å². The molecule has 0 spiro atoms. The number of imide groups is 1. The summed E-state index contributed by atoms with van der Waals surface area (Å²) < 4.78 is 10.3. The first-order valence-electron chi connectivity index (χ1n) is 12.5. The fourth-order valence-electron chi connectivity index (χ4n) is 4.05. The Morgan fingerprint density at radius 1 is 0.769 bits per heavy atom. The summed E-state index contributed by atoms with van der Waals surface area (Å²) in [4.78, 5) is 64.0. The largest absolute Gasteiger partial charge is 0.462 e. The van der Waals surface area contributed by atoms with Crippen molar-refractivity contribution in [2.75, 3.05) is 18.5 Å². The van der Waals surface area contributed by atoms with Crippen LogP contribution in [0.2, 0.25) is 0 Å². The molecule has 0 fully saturated rings. The molecule has 9 nitrogen and oxygen atoms in total. The van der Waals surface area contributed by atoms with Crippen LogP contribution in [0.25, 0.3) is 0 Å². The van der Waals surface area contributed by atoms with Crippen LogP contribution in [0.1, 0.15) is 73.8 Å². The van der Waals surface area contributed by atoms with E-state index in [0.717, 1.165) is 10.5 Å². The van der Waals surface area contributed by atoms with Gasteiger partial charge in [-0.2, -0.15) is 0 Å². The first-order chi connectivity index (χ1) is 18.7. The number of esters is 2. The normalized spacial score (nSPS) is 13.2. The van der Waals surface area contributed by atoms with Crippen molar-refractivity contribution in [3.05, 3.63) is 101 Å². The van der Waals surface area contributed by atoms with Gasteiger partial charge in [-0.3, -0.25) is 19.3 Å². The van der Waals surface area contributed by atoms with E-state index >= 15 is 0 Å². The summed E-state index contributed by atoms with van der Waals surface area (Å²) in [5, 5.41) is 2.58. The van der Waals surface area contributed by atoms with Gasteiger partial charge in [0.1, 0.15) is 0 Å². The average molecular weight is 529 g/mol. The second kappa shape index (κ2) is 11.7. The van der Waals surface area contributed by atoms with Crippen molar-refractivity contribution in [2.24, 2.45) is 5.92 Å². The van der Waals surface area contributed by atoms with Crippen molar-refractivity contribution in [1.29, 1.82) is 0 Å². The van der Waals surface area contributed by atoms with Gasteiger partial charge in [0.2, 0.25) is 0 Å². The van der Waals surface area contributed by atoms with Gasteiger partial charge in [0.15, 0.2) is 6.61 Å². The zero-order valence-corrected chi connectivity index (χ0v) is 21.8. The molecule has 4 rings (SSSR count). The lowest BCUT2D eigenvalue weighted by atomic mass is 10.1. The highest BCUT2D eigenvalue weighted by Crippen LogP contribution is 2.31. The quantitative estimate of drug-likeness (QED) is 0.317. The van der Waals surface area contributed by atoms with Crippen LogP contribution in [0, 0.1) is 5.92 Å². The van der Waals surface area contributed by atoms with Crippen molar-refractivity contribution in [3.63, 3.8) is 0 Å². The molecular weight excluding hydrogens is 500 g/mol. The van der Waals surface area contributed by atoms with Crippen LogP contribution in [-0.4, -0.2) is 47.8 Å². The fourth-order valence-corrected chi connectivity index (χ4v) is 4.05. The minimum atomic E-state index is -0.814. The van der Waals surface area contributed by atoms with Gasteiger partial charge < -0.3 is 14.8 Å². The Morgan fingerprint density at radius 3 is 2.05 bits per heavy atom. The number of nitrogens with zero attached hydrogens (tertiary/aromatic N) is 1. The third-order valence-corrected chi connectivity index (χ3v) is 6.11. The number of benzene rings is 3. The molecule has 9 heteroatoms. The standard InChI is InChI=1S/C30H28N2O7/c1-18(2)16-38-29(36)21-9-12-23(13-10-21)31-26(33)17-39-30(37)22-11-14-24-25(15-22)28(35)32(27(24)34)19(3)20-7-5-4-6-8-20/h4-15,18-19H,16-17H2,1-3H3,(H,31,33)/t19-/m0/s1. The molecule has 1 N–H and O–H groups in total. The first-order valence-corrected chi connectivity index (χ1v) is 12.5. The zero-order chi connectivity index (χ0) is 28.1. The van der Waals surface area contributed by atoms with E-state index < -0.39 is 42.3 Å². The average Bonchev–Trinajstić information content (AvgIpc) is 3.19. The lowest BCUT2D eigenvalue weighted by molar-refractivity contribution is -0.119. The summed E-state index contributed by atoms with van der Waals surface area (Å²) >= 11 is 0. The molecule has 0 saturated heterocycles. The van der Waals surface area contributed by atoms with Gasteiger partial charge in [0, 0.05) is 5.69 Å². The topological polar surface area (TPSA) is 119 Å². The van der Waals surface area contributed by atoms with Crippen LogP contribution in [-0.2, 0) is 14.3 Å². The maximum absolute atomic E-state index is 13.1. The van der Waals surface area contributed by atoms with E-state index in [-0.39, 0.29) is 22.6 Å². The molecule has 1 heterocycles. The number of amides is 3. The molecule has 3 aromatic carbocycles. The Bertz CT molecular complexity index is 1410. The highest BCUT2D eigenvalue weighted by molar-refractivity contribution is 6.22. The SMILES string of the molecule is CC(C)COC(=O)c1ccc(NC(=O)COC(=O)c2ccc3c(c2)C(=O)N([C@@H](C)c2ccccc2)C3=O)cc1. The molecule has 39 heavy (non-hydrogen) atoms. The van der Waals surface area contributed by atoms with Gasteiger partial charge in [-0.1, -0.05) is 44.2 Å². The minimum Gasteiger partial charge on any atom is -0.462 e. The molecular formula is C30H28N2O7. The van der Waals surface area contributed by atoms with Gasteiger partial charge in [0.05, 0.1) is 34.9 Å². The Kier molecular flexibility index (Phi) is 8.19. The van der Waals surface area contributed by atoms with E-state index in [0.29, 0.717) is 17.9 Å². The van der Waals surface area contributed by atoms with E-state index in [1.807, 2.05) is 44.2 Å². The van der Waals surface area contributed by atoms with Gasteiger partial charge in [-0.25, -0.2) is 9.59 Å². The number of hydrogen-bond donors (Lipinski definition) is 1. The van der Waals surface area contributed by atoms with Crippen LogP contribution in [0.4, 0.5) is 5.69 Å². The molecule has 0 saturated carbocycles. The second-order valence-corrected chi connectivity index (χ2v) is 9.52. The summed E-state index contributed by atoms with van der Waals surface area (Å²) in [5.74, 6) is -2.59. The summed E-state index contributed by atoms with van der Waals surface area (Å²) in [6, 6.07) is 18.9. The summed E-state index contributed by atoms with van der Waals surface area (Å²) in [7, 11) is 0. The smallest absolute Gasteiger partial charge is 0.338 e. The summed E-state index contributed by atoms with van der Waals surface area (Å²) in [6.45, 7) is 5.37. The lowest BCUT2D eigenvalue weighted by Gasteiger charge is -2.22. The summed E-state index contributed by atoms with van der Waals surface area (Å²) in [6.07, 6.45) is 0. The van der Waals surface area contributed by atoms with Crippen molar-refractivity contribution < 1.29 is 33.4 Å². The third-order valence-electron chi connectivity index (χ3n) is 6.11. The zero-order valence-electron chi connectivity index (χ0n) is 21.8. The maximum atomic E-state index is 13.1. The number of nitrogens with one attached hydrogen (secondary N) is 1. The molecule has 3 aromatic rings. The van der Waals surface area contributed by atoms with E-state index in [4.69, 9.17) is 9.47 Å². The van der Waals surface area contributed by atoms with Crippen LogP contribution in [0.5, 0.6) is 0 Å². The predicted molar refractivity (Wildman–Crippen MR) is 142 cm³/mol. The van der Waals surface area contributed by atoms with Gasteiger partial charge >= 0.3 is 11.9 Å². The number of carbonyl (C=O) groups excluding carboxylic acids is 5. The van der Waals surface area contributed by atoms with Crippen LogP contribution in [0.3, 0.4) is 0 Å². The summed E-state index contributed by atoms with van der Waals surface area (Å²) in [5.41, 5.74) is 1.91. The Labute approximate surface area is 225 Å². The number of anilines is 1. The Balaban J connectivity index is 1.34. The Hall–Kier alpha value is -4.79. The molecule has 0 unspecified atom stereocenters. The monoisotopic (exact) mass is 528 g/mol. The number of fused-ring (bicyclic) bond motifs is 1. The van der Waals surface area contributed by atoms with Crippen molar-refractivity contribution in [3.8, 4) is 0 Å². The van der Waals surface area contributed by atoms with Gasteiger partial charge in [-0.05, 0) is 60.9 Å². The van der Waals surface area contributed by atoms with Crippen molar-refractivity contribution in [1.82, 2.24) is 4.90 Å². The van der Waals surface area contributed by atoms with E-state index in [9.17, 15) is 24.0 Å². The minimum absolute atomic E-state index is 0.0428. The van der Waals surface area contributed by atoms with Crippen LogP contribution < -0.4 is 5.32 Å². The predicted octanol–water partition coefficient (Wildman–Crippen LogP) is 4.65. The lowest BCUT2D eigenvalue weighted by Crippen LogP contribution is -2.32. The third kappa shape index (κ3) is 6.20. The van der Waals surface area contributed by atoms with Crippen LogP contribution in [0.15, 0.2) is 72.8 Å². The van der Waals surface area contributed by atoms with E-state index in [1.165, 1.54) is 42.5 Å². The first kappa shape index (κ1) is 27.3. The highest BCUT2D eigenvalue weighted by atomic mass is 16.5. The van der Waals surface area contributed by atoms with Crippen molar-refractivity contribution in [2.45, 2.75) is 26.8 Å². The molecule has 0 bridgehead atoms. The fraction of sp³-hybridized carbons (Fsp3) is 0.233. The molecule has 0 aromatic heterocycles. The number of carbonyl (C=O) groups is 5. The number of hydrogen-bond acceptors (Lipinski definition) is 7. The number of rotatable bonds is 9. The molecule has 0 radical (unpaired) electrons. The molecule has 1 aliphatic rings. The Morgan fingerprint density at radius 2 is 1.38 bits per heavy atom.